The molecule has 1 heterocycles. The number of esters is 1. The Labute approximate surface area is 114 Å². The Morgan fingerprint density at radius 2 is 2.05 bits per heavy atom. The van der Waals surface area contributed by atoms with Crippen molar-refractivity contribution < 1.29 is 14.3 Å². The van der Waals surface area contributed by atoms with Crippen LogP contribution in [-0.4, -0.2) is 49.6 Å². The van der Waals surface area contributed by atoms with Gasteiger partial charge in [-0.1, -0.05) is 6.42 Å². The highest BCUT2D eigenvalue weighted by molar-refractivity contribution is 5.76. The van der Waals surface area contributed by atoms with E-state index < -0.39 is 0 Å². The SMILES string of the molecule is COC(=O)C1CC(NCC2CCC2)CN(C(C)=O)C1. The Morgan fingerprint density at radius 3 is 2.58 bits per heavy atom. The maximum atomic E-state index is 11.7. The van der Waals surface area contributed by atoms with E-state index in [-0.39, 0.29) is 23.8 Å². The minimum absolute atomic E-state index is 0.0315. The molecule has 2 unspecified atom stereocenters. The van der Waals surface area contributed by atoms with Crippen LogP contribution in [0.15, 0.2) is 0 Å². The topological polar surface area (TPSA) is 58.6 Å². The Hall–Kier alpha value is -1.10. The first-order valence-electron chi connectivity index (χ1n) is 7.17. The minimum Gasteiger partial charge on any atom is -0.469 e. The van der Waals surface area contributed by atoms with Crippen molar-refractivity contribution in [1.29, 1.82) is 0 Å². The number of nitrogens with one attached hydrogen (secondary N) is 1. The van der Waals surface area contributed by atoms with Gasteiger partial charge in [0, 0.05) is 26.1 Å². The van der Waals surface area contributed by atoms with Crippen LogP contribution in [0, 0.1) is 11.8 Å². The van der Waals surface area contributed by atoms with Gasteiger partial charge in [0.1, 0.15) is 0 Å². The van der Waals surface area contributed by atoms with Crippen LogP contribution in [0.1, 0.15) is 32.6 Å². The molecule has 19 heavy (non-hydrogen) atoms. The number of rotatable bonds is 4. The first-order valence-corrected chi connectivity index (χ1v) is 7.17. The van der Waals surface area contributed by atoms with E-state index in [1.165, 1.54) is 26.4 Å². The lowest BCUT2D eigenvalue weighted by atomic mass is 9.85. The van der Waals surface area contributed by atoms with Crippen molar-refractivity contribution in [1.82, 2.24) is 10.2 Å². The van der Waals surface area contributed by atoms with Crippen LogP contribution < -0.4 is 5.32 Å². The van der Waals surface area contributed by atoms with Crippen LogP contribution in [0.25, 0.3) is 0 Å². The van der Waals surface area contributed by atoms with Crippen molar-refractivity contribution in [2.75, 3.05) is 26.7 Å². The molecule has 0 aromatic carbocycles. The molecule has 5 heteroatoms. The van der Waals surface area contributed by atoms with Gasteiger partial charge in [-0.05, 0) is 31.7 Å². The fraction of sp³-hybridized carbons (Fsp3) is 0.857. The van der Waals surface area contributed by atoms with Gasteiger partial charge in [0.25, 0.3) is 0 Å². The number of likely N-dealkylation sites (tertiary alicyclic amines) is 1. The molecule has 1 aliphatic heterocycles. The zero-order valence-corrected chi connectivity index (χ0v) is 11.9. The average molecular weight is 268 g/mol. The zero-order chi connectivity index (χ0) is 13.8. The Balaban J connectivity index is 1.89. The smallest absolute Gasteiger partial charge is 0.310 e. The summed E-state index contributed by atoms with van der Waals surface area (Å²) in [6.45, 7) is 3.76. The molecule has 2 fully saturated rings. The van der Waals surface area contributed by atoms with E-state index in [2.05, 4.69) is 5.32 Å². The van der Waals surface area contributed by atoms with Crippen molar-refractivity contribution in [3.05, 3.63) is 0 Å². The van der Waals surface area contributed by atoms with Gasteiger partial charge in [0.15, 0.2) is 0 Å². The van der Waals surface area contributed by atoms with Crippen molar-refractivity contribution in [3.8, 4) is 0 Å². The molecule has 5 nitrogen and oxygen atoms in total. The number of piperidine rings is 1. The fourth-order valence-electron chi connectivity index (χ4n) is 2.87. The predicted octanol–water partition coefficient (Wildman–Crippen LogP) is 0.786. The highest BCUT2D eigenvalue weighted by atomic mass is 16.5. The molecule has 1 N–H and O–H groups in total. The van der Waals surface area contributed by atoms with Gasteiger partial charge in [0.05, 0.1) is 13.0 Å². The molecule has 2 atom stereocenters. The highest BCUT2D eigenvalue weighted by Gasteiger charge is 2.33. The maximum absolute atomic E-state index is 11.7. The number of methoxy groups -OCH3 is 1. The van der Waals surface area contributed by atoms with Crippen molar-refractivity contribution in [2.45, 2.75) is 38.6 Å². The molecule has 2 rings (SSSR count). The Kier molecular flexibility index (Phi) is 4.80. The van der Waals surface area contributed by atoms with Gasteiger partial charge in [-0.2, -0.15) is 0 Å². The number of ether oxygens (including phenoxy) is 1. The number of hydrogen-bond donors (Lipinski definition) is 1. The summed E-state index contributed by atoms with van der Waals surface area (Å²) in [5.41, 5.74) is 0. The summed E-state index contributed by atoms with van der Waals surface area (Å²) in [6.07, 6.45) is 4.71. The van der Waals surface area contributed by atoms with Crippen LogP contribution in [0.3, 0.4) is 0 Å². The third-order valence-electron chi connectivity index (χ3n) is 4.35. The standard InChI is InChI=1S/C14H24N2O3/c1-10(17)16-8-12(14(18)19-2)6-13(9-16)15-7-11-4-3-5-11/h11-13,15H,3-9H2,1-2H3. The number of carbonyl (C=O) groups excluding carboxylic acids is 2. The lowest BCUT2D eigenvalue weighted by Crippen LogP contribution is -2.53. The molecule has 0 radical (unpaired) electrons. The second kappa shape index (κ2) is 6.37. The molecule has 1 aliphatic carbocycles. The lowest BCUT2D eigenvalue weighted by Gasteiger charge is -2.38. The second-order valence-corrected chi connectivity index (χ2v) is 5.78. The van der Waals surface area contributed by atoms with E-state index in [0.717, 1.165) is 18.9 Å². The molecule has 108 valence electrons. The second-order valence-electron chi connectivity index (χ2n) is 5.78. The van der Waals surface area contributed by atoms with Gasteiger partial charge >= 0.3 is 5.97 Å². The van der Waals surface area contributed by atoms with Gasteiger partial charge in [-0.3, -0.25) is 9.59 Å². The molecule has 1 amide bonds. The molecule has 0 bridgehead atoms. The van der Waals surface area contributed by atoms with Crippen molar-refractivity contribution in [3.63, 3.8) is 0 Å². The highest BCUT2D eigenvalue weighted by Crippen LogP contribution is 2.26. The summed E-state index contributed by atoms with van der Waals surface area (Å²) in [6, 6.07) is 0.211. The van der Waals surface area contributed by atoms with E-state index in [0.29, 0.717) is 13.1 Å². The Bertz CT molecular complexity index is 342. The Morgan fingerprint density at radius 1 is 1.32 bits per heavy atom. The van der Waals surface area contributed by atoms with Gasteiger partial charge < -0.3 is 15.0 Å². The molecular weight excluding hydrogens is 244 g/mol. The minimum atomic E-state index is -0.207. The van der Waals surface area contributed by atoms with Crippen LogP contribution in [0.2, 0.25) is 0 Å². The van der Waals surface area contributed by atoms with Crippen molar-refractivity contribution in [2.24, 2.45) is 11.8 Å². The summed E-state index contributed by atoms with van der Waals surface area (Å²) in [7, 11) is 1.41. The van der Waals surface area contributed by atoms with Crippen LogP contribution in [0.4, 0.5) is 0 Å². The number of hydrogen-bond acceptors (Lipinski definition) is 4. The lowest BCUT2D eigenvalue weighted by molar-refractivity contribution is -0.149. The third-order valence-corrected chi connectivity index (χ3v) is 4.35. The normalized spacial score (nSPS) is 27.8. The summed E-state index contributed by atoms with van der Waals surface area (Å²) in [5, 5.41) is 3.52. The summed E-state index contributed by atoms with van der Waals surface area (Å²) < 4.78 is 4.82. The first-order chi connectivity index (χ1) is 9.10. The summed E-state index contributed by atoms with van der Waals surface area (Å²) >= 11 is 0. The summed E-state index contributed by atoms with van der Waals surface area (Å²) in [4.78, 5) is 25.0. The molecule has 1 saturated carbocycles. The third kappa shape index (κ3) is 3.69. The summed E-state index contributed by atoms with van der Waals surface area (Å²) in [5.74, 6) is 0.413. The predicted molar refractivity (Wildman–Crippen MR) is 71.5 cm³/mol. The quantitative estimate of drug-likeness (QED) is 0.766. The first kappa shape index (κ1) is 14.3. The van der Waals surface area contributed by atoms with Gasteiger partial charge in [-0.25, -0.2) is 0 Å². The van der Waals surface area contributed by atoms with E-state index >= 15 is 0 Å². The zero-order valence-electron chi connectivity index (χ0n) is 11.9. The molecule has 2 aliphatic rings. The molecule has 0 aromatic rings. The van der Waals surface area contributed by atoms with Crippen LogP contribution >= 0.6 is 0 Å². The van der Waals surface area contributed by atoms with Crippen LogP contribution in [0.5, 0.6) is 0 Å². The molecular formula is C14H24N2O3. The molecule has 0 spiro atoms. The largest absolute Gasteiger partial charge is 0.469 e. The monoisotopic (exact) mass is 268 g/mol. The number of carbonyl (C=O) groups is 2. The maximum Gasteiger partial charge on any atom is 0.310 e. The van der Waals surface area contributed by atoms with E-state index in [4.69, 9.17) is 4.74 Å². The van der Waals surface area contributed by atoms with Crippen molar-refractivity contribution >= 4 is 11.9 Å². The molecule has 1 saturated heterocycles. The van der Waals surface area contributed by atoms with E-state index in [9.17, 15) is 9.59 Å². The fourth-order valence-corrected chi connectivity index (χ4v) is 2.87. The van der Waals surface area contributed by atoms with Gasteiger partial charge in [0.2, 0.25) is 5.91 Å². The van der Waals surface area contributed by atoms with Gasteiger partial charge in [-0.15, -0.1) is 0 Å². The number of amides is 1. The molecule has 0 aromatic heterocycles. The van der Waals surface area contributed by atoms with Crippen LogP contribution in [-0.2, 0) is 14.3 Å². The average Bonchev–Trinajstić information content (AvgIpc) is 2.35. The number of nitrogens with zero attached hydrogens (tertiary/aromatic N) is 1. The van der Waals surface area contributed by atoms with E-state index in [1.807, 2.05) is 0 Å². The van der Waals surface area contributed by atoms with E-state index in [1.54, 1.807) is 11.8 Å².